The van der Waals surface area contributed by atoms with E-state index in [-0.39, 0.29) is 6.61 Å². The number of fused-ring (bicyclic) bond motifs is 1. The minimum absolute atomic E-state index is 0.256. The summed E-state index contributed by atoms with van der Waals surface area (Å²) in [6.07, 6.45) is 1.23. The quantitative estimate of drug-likeness (QED) is 0.878. The van der Waals surface area contributed by atoms with Crippen LogP contribution in [0.1, 0.15) is 12.2 Å². The summed E-state index contributed by atoms with van der Waals surface area (Å²) in [5, 5.41) is 13.2. The lowest BCUT2D eigenvalue weighted by Crippen LogP contribution is -2.36. The van der Waals surface area contributed by atoms with Crippen molar-refractivity contribution in [3.05, 3.63) is 17.3 Å². The first-order valence-electron chi connectivity index (χ1n) is 9.62. The van der Waals surface area contributed by atoms with E-state index in [4.69, 9.17) is 4.98 Å². The van der Waals surface area contributed by atoms with Crippen LogP contribution in [0.2, 0.25) is 0 Å². The van der Waals surface area contributed by atoms with Gasteiger partial charge in [-0.3, -0.25) is 0 Å². The zero-order chi connectivity index (χ0) is 18.1. The first kappa shape index (κ1) is 18.1. The molecule has 0 bridgehead atoms. The Hall–Kier alpha value is -1.28. The maximum atomic E-state index is 9.97. The van der Waals surface area contributed by atoms with Crippen LogP contribution < -0.4 is 4.90 Å². The molecular formula is C19H29N5OS. The highest BCUT2D eigenvalue weighted by molar-refractivity contribution is 7.16. The van der Waals surface area contributed by atoms with E-state index in [9.17, 15) is 5.11 Å². The first-order valence-corrected chi connectivity index (χ1v) is 10.5. The van der Waals surface area contributed by atoms with Crippen molar-refractivity contribution in [2.24, 2.45) is 11.8 Å². The zero-order valence-electron chi connectivity index (χ0n) is 15.8. The molecule has 0 aromatic carbocycles. The maximum absolute atomic E-state index is 9.97. The molecule has 0 amide bonds. The van der Waals surface area contributed by atoms with E-state index < -0.39 is 0 Å². The Kier molecular flexibility index (Phi) is 5.40. The Morgan fingerprint density at radius 1 is 1.15 bits per heavy atom. The second kappa shape index (κ2) is 7.76. The fraction of sp³-hybridized carbons (Fsp3) is 0.684. The Labute approximate surface area is 159 Å². The molecule has 2 aromatic heterocycles. The van der Waals surface area contributed by atoms with Gasteiger partial charge in [0, 0.05) is 45.2 Å². The summed E-state index contributed by atoms with van der Waals surface area (Å²) in [4.78, 5) is 17.7. The normalized spacial score (nSPS) is 25.9. The topological polar surface area (TPSA) is 55.7 Å². The molecule has 142 valence electrons. The van der Waals surface area contributed by atoms with Crippen LogP contribution in [0.4, 0.5) is 5.82 Å². The second-order valence-corrected chi connectivity index (χ2v) is 8.69. The van der Waals surface area contributed by atoms with E-state index in [0.29, 0.717) is 11.8 Å². The van der Waals surface area contributed by atoms with Gasteiger partial charge in [0.25, 0.3) is 0 Å². The molecule has 4 heterocycles. The van der Waals surface area contributed by atoms with Crippen molar-refractivity contribution in [1.29, 1.82) is 0 Å². The van der Waals surface area contributed by atoms with E-state index >= 15 is 0 Å². The molecule has 0 radical (unpaired) electrons. The van der Waals surface area contributed by atoms with Gasteiger partial charge in [-0.1, -0.05) is 0 Å². The SMILES string of the molecule is Cc1nc(N2C[C@@H](CN3CCCN(C)CC3)[C@@H](CO)C2)c2ccsc2n1. The van der Waals surface area contributed by atoms with E-state index in [1.54, 1.807) is 11.3 Å². The van der Waals surface area contributed by atoms with Gasteiger partial charge in [-0.15, -0.1) is 11.3 Å². The van der Waals surface area contributed by atoms with Crippen molar-refractivity contribution in [2.45, 2.75) is 13.3 Å². The van der Waals surface area contributed by atoms with Crippen LogP contribution in [-0.2, 0) is 0 Å². The van der Waals surface area contributed by atoms with Crippen molar-refractivity contribution in [1.82, 2.24) is 19.8 Å². The van der Waals surface area contributed by atoms with E-state index in [0.717, 1.165) is 54.6 Å². The van der Waals surface area contributed by atoms with Crippen molar-refractivity contribution in [3.63, 3.8) is 0 Å². The lowest BCUT2D eigenvalue weighted by atomic mass is 9.96. The number of aliphatic hydroxyl groups excluding tert-OH is 1. The van der Waals surface area contributed by atoms with E-state index in [1.807, 2.05) is 6.92 Å². The molecule has 2 aromatic rings. The summed E-state index contributed by atoms with van der Waals surface area (Å²) in [5.74, 6) is 2.69. The van der Waals surface area contributed by atoms with Gasteiger partial charge in [-0.25, -0.2) is 9.97 Å². The van der Waals surface area contributed by atoms with Gasteiger partial charge in [0.1, 0.15) is 16.5 Å². The predicted molar refractivity (Wildman–Crippen MR) is 107 cm³/mol. The predicted octanol–water partition coefficient (Wildman–Crippen LogP) is 1.68. The van der Waals surface area contributed by atoms with E-state index in [2.05, 4.69) is 38.2 Å². The van der Waals surface area contributed by atoms with Crippen molar-refractivity contribution < 1.29 is 5.11 Å². The van der Waals surface area contributed by atoms with Gasteiger partial charge < -0.3 is 19.8 Å². The highest BCUT2D eigenvalue weighted by Crippen LogP contribution is 2.33. The fourth-order valence-corrected chi connectivity index (χ4v) is 5.13. The number of hydrogen-bond donors (Lipinski definition) is 1. The third kappa shape index (κ3) is 3.71. The number of rotatable bonds is 4. The number of likely N-dealkylation sites (N-methyl/N-ethyl adjacent to an activating group) is 1. The molecule has 6 nitrogen and oxygen atoms in total. The Bertz CT molecular complexity index is 751. The summed E-state index contributed by atoms with van der Waals surface area (Å²) in [7, 11) is 2.21. The van der Waals surface area contributed by atoms with Gasteiger partial charge in [0.2, 0.25) is 0 Å². The summed E-state index contributed by atoms with van der Waals surface area (Å²) in [6, 6.07) is 2.13. The van der Waals surface area contributed by atoms with Gasteiger partial charge in [-0.05, 0) is 50.8 Å². The minimum atomic E-state index is 0.256. The van der Waals surface area contributed by atoms with Crippen LogP contribution in [0.15, 0.2) is 11.4 Å². The Morgan fingerprint density at radius 3 is 2.85 bits per heavy atom. The number of thiophene rings is 1. The minimum Gasteiger partial charge on any atom is -0.396 e. The molecule has 0 saturated carbocycles. The van der Waals surface area contributed by atoms with Crippen LogP contribution in [-0.4, -0.2) is 84.3 Å². The summed E-state index contributed by atoms with van der Waals surface area (Å²) in [6.45, 7) is 9.78. The number of nitrogens with zero attached hydrogens (tertiary/aromatic N) is 5. The number of aliphatic hydroxyl groups is 1. The van der Waals surface area contributed by atoms with Crippen LogP contribution in [0.25, 0.3) is 10.2 Å². The van der Waals surface area contributed by atoms with Crippen molar-refractivity contribution in [3.8, 4) is 0 Å². The summed E-state index contributed by atoms with van der Waals surface area (Å²) in [5.41, 5.74) is 0. The second-order valence-electron chi connectivity index (χ2n) is 7.80. The van der Waals surface area contributed by atoms with Crippen LogP contribution in [0.5, 0.6) is 0 Å². The highest BCUT2D eigenvalue weighted by Gasteiger charge is 2.35. The summed E-state index contributed by atoms with van der Waals surface area (Å²) < 4.78 is 0. The zero-order valence-corrected chi connectivity index (χ0v) is 16.6. The molecule has 2 saturated heterocycles. The Balaban J connectivity index is 1.50. The number of aromatic nitrogens is 2. The fourth-order valence-electron chi connectivity index (χ4n) is 4.32. The number of hydrogen-bond acceptors (Lipinski definition) is 7. The van der Waals surface area contributed by atoms with Gasteiger partial charge in [0.15, 0.2) is 0 Å². The highest BCUT2D eigenvalue weighted by atomic mass is 32.1. The largest absolute Gasteiger partial charge is 0.396 e. The lowest BCUT2D eigenvalue weighted by molar-refractivity contribution is 0.165. The monoisotopic (exact) mass is 375 g/mol. The molecule has 2 aliphatic rings. The van der Waals surface area contributed by atoms with Crippen molar-refractivity contribution in [2.75, 3.05) is 64.4 Å². The average Bonchev–Trinajstić information content (AvgIpc) is 3.19. The molecule has 2 fully saturated rings. The van der Waals surface area contributed by atoms with Gasteiger partial charge in [0.05, 0.1) is 5.39 Å². The van der Waals surface area contributed by atoms with E-state index in [1.165, 1.54) is 19.5 Å². The smallest absolute Gasteiger partial charge is 0.141 e. The molecule has 0 aliphatic carbocycles. The maximum Gasteiger partial charge on any atom is 0.141 e. The molecule has 2 aliphatic heterocycles. The number of aryl methyl sites for hydroxylation is 1. The molecule has 7 heteroatoms. The average molecular weight is 376 g/mol. The van der Waals surface area contributed by atoms with Gasteiger partial charge >= 0.3 is 0 Å². The number of anilines is 1. The lowest BCUT2D eigenvalue weighted by Gasteiger charge is -2.26. The molecule has 26 heavy (non-hydrogen) atoms. The van der Waals surface area contributed by atoms with Crippen LogP contribution in [0, 0.1) is 18.8 Å². The molecule has 1 N–H and O–H groups in total. The van der Waals surface area contributed by atoms with Crippen LogP contribution >= 0.6 is 11.3 Å². The summed E-state index contributed by atoms with van der Waals surface area (Å²) >= 11 is 1.67. The van der Waals surface area contributed by atoms with Gasteiger partial charge in [-0.2, -0.15) is 0 Å². The Morgan fingerprint density at radius 2 is 2.00 bits per heavy atom. The molecule has 4 rings (SSSR count). The molecule has 0 spiro atoms. The standard InChI is InChI=1S/C19H29N5OS/c1-14-20-18(17-4-9-26-19(17)21-14)24-11-15(16(12-24)13-25)10-23-6-3-5-22(2)7-8-23/h4,9,15-16,25H,3,5-8,10-13H2,1-2H3/t15-,16-/m1/s1. The third-order valence-electron chi connectivity index (χ3n) is 5.83. The molecule has 2 atom stereocenters. The first-order chi connectivity index (χ1) is 12.6. The van der Waals surface area contributed by atoms with Crippen LogP contribution in [0.3, 0.4) is 0 Å². The van der Waals surface area contributed by atoms with Crippen molar-refractivity contribution >= 4 is 27.4 Å². The molecule has 0 unspecified atom stereocenters. The third-order valence-corrected chi connectivity index (χ3v) is 6.64. The molecular weight excluding hydrogens is 346 g/mol.